The van der Waals surface area contributed by atoms with Crippen LogP contribution in [0.4, 0.5) is 0 Å². The molecule has 0 aliphatic rings. The largest absolute Gasteiger partial charge is 0.494 e. The second-order valence-corrected chi connectivity index (χ2v) is 10.3. The lowest BCUT2D eigenvalue weighted by molar-refractivity contribution is 0.338. The first kappa shape index (κ1) is 26.2. The van der Waals surface area contributed by atoms with E-state index in [-0.39, 0.29) is 5.56 Å². The van der Waals surface area contributed by atoms with E-state index in [4.69, 9.17) is 14.6 Å². The summed E-state index contributed by atoms with van der Waals surface area (Å²) < 4.78 is 15.0. The molecule has 6 aromatic rings. The SMILES string of the molecule is C=CCOc1ccc(-c2nc3s/c(=C/c4cn(-c5ccccc5)nc4-c4ccc(OCC)c(C)c4)c(=O)n3n2)cc1. The zero-order valence-electron chi connectivity index (χ0n) is 22.7. The number of aromatic nitrogens is 5. The van der Waals surface area contributed by atoms with Crippen LogP contribution in [0.2, 0.25) is 0 Å². The predicted octanol–water partition coefficient (Wildman–Crippen LogP) is 5.49. The van der Waals surface area contributed by atoms with E-state index in [2.05, 4.69) is 22.7 Å². The molecule has 0 saturated heterocycles. The molecule has 8 nitrogen and oxygen atoms in total. The Morgan fingerprint density at radius 2 is 1.76 bits per heavy atom. The molecule has 0 saturated carbocycles. The van der Waals surface area contributed by atoms with E-state index in [0.29, 0.717) is 28.5 Å². The van der Waals surface area contributed by atoms with Crippen LogP contribution in [0.25, 0.3) is 39.4 Å². The van der Waals surface area contributed by atoms with E-state index in [0.717, 1.165) is 45.1 Å². The number of thiazole rings is 1. The van der Waals surface area contributed by atoms with Crippen molar-refractivity contribution in [1.82, 2.24) is 24.4 Å². The van der Waals surface area contributed by atoms with Gasteiger partial charge in [0.1, 0.15) is 23.8 Å². The molecular formula is C32H27N5O3S. The first-order valence-electron chi connectivity index (χ1n) is 13.2. The second-order valence-electron chi connectivity index (χ2n) is 9.30. The first-order valence-corrected chi connectivity index (χ1v) is 14.0. The average molecular weight is 562 g/mol. The van der Waals surface area contributed by atoms with E-state index in [9.17, 15) is 4.79 Å². The highest BCUT2D eigenvalue weighted by Gasteiger charge is 2.16. The fraction of sp³-hybridized carbons (Fsp3) is 0.125. The van der Waals surface area contributed by atoms with E-state index < -0.39 is 0 Å². The van der Waals surface area contributed by atoms with Crippen molar-refractivity contribution in [1.29, 1.82) is 0 Å². The molecule has 9 heteroatoms. The van der Waals surface area contributed by atoms with E-state index in [1.54, 1.807) is 6.08 Å². The lowest BCUT2D eigenvalue weighted by Gasteiger charge is -2.08. The molecule has 0 aliphatic heterocycles. The van der Waals surface area contributed by atoms with Gasteiger partial charge in [0.05, 0.1) is 16.8 Å². The average Bonchev–Trinajstić information content (AvgIpc) is 3.69. The summed E-state index contributed by atoms with van der Waals surface area (Å²) in [7, 11) is 0. The van der Waals surface area contributed by atoms with Gasteiger partial charge in [-0.3, -0.25) is 4.79 Å². The fourth-order valence-corrected chi connectivity index (χ4v) is 5.40. The second kappa shape index (κ2) is 11.2. The van der Waals surface area contributed by atoms with Crippen LogP contribution in [0.1, 0.15) is 18.1 Å². The number of hydrogen-bond donors (Lipinski definition) is 0. The van der Waals surface area contributed by atoms with Gasteiger partial charge in [-0.15, -0.1) is 5.10 Å². The smallest absolute Gasteiger partial charge is 0.291 e. The van der Waals surface area contributed by atoms with Crippen molar-refractivity contribution >= 4 is 22.4 Å². The summed E-state index contributed by atoms with van der Waals surface area (Å²) in [4.78, 5) is 18.6. The summed E-state index contributed by atoms with van der Waals surface area (Å²) in [5.74, 6) is 2.05. The maximum atomic E-state index is 13.4. The number of para-hydroxylation sites is 1. The fourth-order valence-electron chi connectivity index (χ4n) is 4.50. The van der Waals surface area contributed by atoms with Crippen LogP contribution in [0.5, 0.6) is 11.5 Å². The van der Waals surface area contributed by atoms with Gasteiger partial charge in [0.15, 0.2) is 5.82 Å². The maximum absolute atomic E-state index is 13.4. The number of hydrogen-bond acceptors (Lipinski definition) is 7. The number of nitrogens with zero attached hydrogens (tertiary/aromatic N) is 5. The minimum Gasteiger partial charge on any atom is -0.494 e. The lowest BCUT2D eigenvalue weighted by Crippen LogP contribution is -2.23. The minimum atomic E-state index is -0.226. The molecule has 0 unspecified atom stereocenters. The highest BCUT2D eigenvalue weighted by molar-refractivity contribution is 7.15. The summed E-state index contributed by atoms with van der Waals surface area (Å²) >= 11 is 1.30. The van der Waals surface area contributed by atoms with Gasteiger partial charge >= 0.3 is 0 Å². The van der Waals surface area contributed by atoms with Crippen molar-refractivity contribution < 1.29 is 9.47 Å². The standard InChI is InChI=1S/C32H27N5O3S/c1-4-17-40-26-14-11-22(12-15-26)30-33-32-37(35-30)31(38)28(41-32)19-24-20-36(25-9-7-6-8-10-25)34-29(24)23-13-16-27(39-5-2)21(3)18-23/h4,6-16,18-20H,1,5,17H2,2-3H3/b28-19+. The van der Waals surface area contributed by atoms with Gasteiger partial charge in [-0.1, -0.05) is 42.2 Å². The van der Waals surface area contributed by atoms with Crippen LogP contribution in [-0.2, 0) is 0 Å². The normalized spacial score (nSPS) is 11.7. The van der Waals surface area contributed by atoms with E-state index >= 15 is 0 Å². The summed E-state index contributed by atoms with van der Waals surface area (Å²) in [5, 5.41) is 9.41. The Hall–Kier alpha value is -5.02. The van der Waals surface area contributed by atoms with Gasteiger partial charge in [0.25, 0.3) is 5.56 Å². The van der Waals surface area contributed by atoms with Crippen LogP contribution in [-0.4, -0.2) is 37.6 Å². The van der Waals surface area contributed by atoms with Gasteiger partial charge in [-0.05, 0) is 80.1 Å². The topological polar surface area (TPSA) is 83.5 Å². The van der Waals surface area contributed by atoms with Crippen LogP contribution in [0.15, 0.2) is 96.4 Å². The monoisotopic (exact) mass is 561 g/mol. The third-order valence-corrected chi connectivity index (χ3v) is 7.42. The van der Waals surface area contributed by atoms with Gasteiger partial charge in [-0.2, -0.15) is 14.6 Å². The third-order valence-electron chi connectivity index (χ3n) is 6.46. The Balaban J connectivity index is 1.41. The highest BCUT2D eigenvalue weighted by Crippen LogP contribution is 2.29. The van der Waals surface area contributed by atoms with Crippen LogP contribution >= 0.6 is 11.3 Å². The van der Waals surface area contributed by atoms with Crippen molar-refractivity contribution in [3.8, 4) is 39.8 Å². The Bertz CT molecular complexity index is 1960. The molecule has 0 atom stereocenters. The predicted molar refractivity (Wildman–Crippen MR) is 162 cm³/mol. The van der Waals surface area contributed by atoms with Gasteiger partial charge in [0, 0.05) is 22.9 Å². The molecule has 0 bridgehead atoms. The lowest BCUT2D eigenvalue weighted by atomic mass is 10.0. The van der Waals surface area contributed by atoms with Crippen molar-refractivity contribution in [2.75, 3.05) is 13.2 Å². The molecular weight excluding hydrogens is 534 g/mol. The number of ether oxygens (including phenoxy) is 2. The number of rotatable bonds is 9. The Labute approximate surface area is 240 Å². The van der Waals surface area contributed by atoms with Gasteiger partial charge in [0.2, 0.25) is 4.96 Å². The van der Waals surface area contributed by atoms with Crippen LogP contribution < -0.4 is 19.6 Å². The van der Waals surface area contributed by atoms with Gasteiger partial charge < -0.3 is 9.47 Å². The minimum absolute atomic E-state index is 0.226. The van der Waals surface area contributed by atoms with Crippen molar-refractivity contribution in [2.24, 2.45) is 0 Å². The van der Waals surface area contributed by atoms with Crippen molar-refractivity contribution in [3.05, 3.63) is 118 Å². The molecule has 0 spiro atoms. The Morgan fingerprint density at radius 1 is 0.976 bits per heavy atom. The molecule has 3 aromatic carbocycles. The van der Waals surface area contributed by atoms with Crippen molar-refractivity contribution in [2.45, 2.75) is 13.8 Å². The van der Waals surface area contributed by atoms with Crippen LogP contribution in [0.3, 0.4) is 0 Å². The Morgan fingerprint density at radius 3 is 2.46 bits per heavy atom. The van der Waals surface area contributed by atoms with Gasteiger partial charge in [-0.25, -0.2) is 4.68 Å². The summed E-state index contributed by atoms with van der Waals surface area (Å²) in [6.07, 6.45) is 5.49. The molecule has 0 amide bonds. The molecule has 6 rings (SSSR count). The zero-order valence-corrected chi connectivity index (χ0v) is 23.5. The quantitative estimate of drug-likeness (QED) is 0.217. The molecule has 41 heavy (non-hydrogen) atoms. The first-order chi connectivity index (χ1) is 20.0. The molecule has 0 N–H and O–H groups in total. The summed E-state index contributed by atoms with van der Waals surface area (Å²) in [6, 6.07) is 23.3. The molecule has 3 heterocycles. The summed E-state index contributed by atoms with van der Waals surface area (Å²) in [6.45, 7) is 8.67. The maximum Gasteiger partial charge on any atom is 0.291 e. The van der Waals surface area contributed by atoms with E-state index in [1.807, 2.05) is 97.5 Å². The molecule has 3 aromatic heterocycles. The molecule has 0 aliphatic carbocycles. The number of benzene rings is 3. The molecule has 0 fully saturated rings. The van der Waals surface area contributed by atoms with Crippen LogP contribution in [0, 0.1) is 6.92 Å². The Kier molecular flexibility index (Phi) is 7.18. The molecule has 0 radical (unpaired) electrons. The highest BCUT2D eigenvalue weighted by atomic mass is 32.1. The molecule has 204 valence electrons. The van der Waals surface area contributed by atoms with Crippen molar-refractivity contribution in [3.63, 3.8) is 0 Å². The summed E-state index contributed by atoms with van der Waals surface area (Å²) in [5.41, 5.74) is 5.02. The van der Waals surface area contributed by atoms with E-state index in [1.165, 1.54) is 15.9 Å². The third kappa shape index (κ3) is 5.27. The number of fused-ring (bicyclic) bond motifs is 1. The zero-order chi connectivity index (χ0) is 28.3. The number of aryl methyl sites for hydroxylation is 1.